The van der Waals surface area contributed by atoms with Gasteiger partial charge in [0.25, 0.3) is 5.91 Å². The van der Waals surface area contributed by atoms with Gasteiger partial charge in [-0.3, -0.25) is 4.79 Å². The molecule has 0 bridgehead atoms. The van der Waals surface area contributed by atoms with Crippen molar-refractivity contribution in [1.29, 1.82) is 0 Å². The van der Waals surface area contributed by atoms with Gasteiger partial charge in [0.1, 0.15) is 22.6 Å². The second kappa shape index (κ2) is 10.7. The van der Waals surface area contributed by atoms with E-state index in [1.54, 1.807) is 7.11 Å². The van der Waals surface area contributed by atoms with Gasteiger partial charge in [0, 0.05) is 12.6 Å². The number of aromatic nitrogens is 3. The van der Waals surface area contributed by atoms with E-state index in [1.807, 2.05) is 78.2 Å². The number of amides is 1. The minimum Gasteiger partial charge on any atom is -0.497 e. The number of rotatable bonds is 9. The molecule has 7 heteroatoms. The van der Waals surface area contributed by atoms with E-state index >= 15 is 0 Å². The molecule has 7 nitrogen and oxygen atoms in total. The van der Waals surface area contributed by atoms with Gasteiger partial charge < -0.3 is 20.4 Å². The molecule has 37 heavy (non-hydrogen) atoms. The Kier molecular flexibility index (Phi) is 7.03. The van der Waals surface area contributed by atoms with Crippen LogP contribution in [-0.2, 0) is 19.4 Å². The molecule has 0 saturated heterocycles. The van der Waals surface area contributed by atoms with Gasteiger partial charge >= 0.3 is 0 Å². The van der Waals surface area contributed by atoms with E-state index < -0.39 is 0 Å². The molecule has 1 unspecified atom stereocenters. The van der Waals surface area contributed by atoms with E-state index in [9.17, 15) is 4.79 Å². The number of benzene rings is 3. The number of fused-ring (bicyclic) bond motifs is 2. The van der Waals surface area contributed by atoms with Gasteiger partial charge in [0.15, 0.2) is 5.65 Å². The van der Waals surface area contributed by atoms with Crippen molar-refractivity contribution in [2.24, 2.45) is 0 Å². The van der Waals surface area contributed by atoms with Crippen molar-refractivity contribution < 1.29 is 9.53 Å². The zero-order valence-electron chi connectivity index (χ0n) is 21.1. The van der Waals surface area contributed by atoms with Gasteiger partial charge in [-0.1, -0.05) is 54.6 Å². The zero-order valence-corrected chi connectivity index (χ0v) is 21.1. The monoisotopic (exact) mass is 493 g/mol. The first-order valence-electron chi connectivity index (χ1n) is 12.6. The average molecular weight is 494 g/mol. The van der Waals surface area contributed by atoms with Crippen molar-refractivity contribution in [3.8, 4) is 5.75 Å². The minimum absolute atomic E-state index is 0.0294. The van der Waals surface area contributed by atoms with Crippen molar-refractivity contribution in [1.82, 2.24) is 19.9 Å². The molecule has 0 aliphatic heterocycles. The Hall–Kier alpha value is -4.39. The molecule has 5 rings (SSSR count). The van der Waals surface area contributed by atoms with Crippen molar-refractivity contribution in [3.63, 3.8) is 0 Å². The number of carbonyl (C=O) groups is 1. The second-order valence-corrected chi connectivity index (χ2v) is 9.29. The van der Waals surface area contributed by atoms with Crippen LogP contribution in [0.3, 0.4) is 0 Å². The fourth-order valence-electron chi connectivity index (χ4n) is 4.60. The van der Waals surface area contributed by atoms with Crippen LogP contribution in [0.5, 0.6) is 5.75 Å². The van der Waals surface area contributed by atoms with Crippen molar-refractivity contribution in [2.75, 3.05) is 12.8 Å². The van der Waals surface area contributed by atoms with Crippen LogP contribution in [0.2, 0.25) is 0 Å². The number of nitrogens with two attached hydrogens (primary N) is 1. The molecule has 0 saturated carbocycles. The van der Waals surface area contributed by atoms with Crippen molar-refractivity contribution in [2.45, 2.75) is 38.8 Å². The second-order valence-electron chi connectivity index (χ2n) is 9.29. The number of nitrogens with one attached hydrogen (secondary N) is 1. The summed E-state index contributed by atoms with van der Waals surface area (Å²) < 4.78 is 7.17. The lowest BCUT2D eigenvalue weighted by Gasteiger charge is -2.14. The Morgan fingerprint density at radius 1 is 0.919 bits per heavy atom. The molecule has 0 aliphatic rings. The summed E-state index contributed by atoms with van der Waals surface area (Å²) in [5.74, 6) is 0.967. The normalized spacial score (nSPS) is 12.1. The molecule has 2 heterocycles. The van der Waals surface area contributed by atoms with Gasteiger partial charge in [-0.2, -0.15) is 0 Å². The molecule has 0 fully saturated rings. The van der Waals surface area contributed by atoms with Crippen LogP contribution in [0.4, 0.5) is 5.82 Å². The summed E-state index contributed by atoms with van der Waals surface area (Å²) in [4.78, 5) is 23.2. The predicted octanol–water partition coefficient (Wildman–Crippen LogP) is 5.17. The highest BCUT2D eigenvalue weighted by molar-refractivity contribution is 6.10. The maximum absolute atomic E-state index is 13.5. The molecule has 2 aromatic heterocycles. The average Bonchev–Trinajstić information content (AvgIpc) is 3.20. The molecule has 0 spiro atoms. The first-order valence-corrected chi connectivity index (χ1v) is 12.6. The Bertz CT molecular complexity index is 1530. The molecule has 0 aliphatic carbocycles. The third-order valence-corrected chi connectivity index (χ3v) is 6.69. The molecular formula is C30H31N5O2. The van der Waals surface area contributed by atoms with Crippen LogP contribution < -0.4 is 15.8 Å². The summed E-state index contributed by atoms with van der Waals surface area (Å²) in [6.07, 6.45) is 2.42. The van der Waals surface area contributed by atoms with Crippen LogP contribution in [-0.4, -0.2) is 33.6 Å². The molecule has 188 valence electrons. The summed E-state index contributed by atoms with van der Waals surface area (Å²) in [7, 11) is 1.65. The Morgan fingerprint density at radius 3 is 2.27 bits per heavy atom. The number of methoxy groups -OCH3 is 1. The quantitative estimate of drug-likeness (QED) is 0.295. The van der Waals surface area contributed by atoms with E-state index in [4.69, 9.17) is 20.4 Å². The lowest BCUT2D eigenvalue weighted by atomic mass is 10.1. The highest BCUT2D eigenvalue weighted by Gasteiger charge is 2.24. The third-order valence-electron chi connectivity index (χ3n) is 6.69. The highest BCUT2D eigenvalue weighted by Crippen LogP contribution is 2.28. The maximum Gasteiger partial charge on any atom is 0.257 e. The number of aryl methyl sites for hydroxylation is 3. The van der Waals surface area contributed by atoms with Crippen LogP contribution in [0, 0.1) is 0 Å². The third kappa shape index (κ3) is 5.26. The number of ether oxygens (including phenoxy) is 1. The number of anilines is 1. The molecule has 1 amide bonds. The molecule has 3 aromatic carbocycles. The molecule has 3 N–H and O–H groups in total. The number of nitrogens with zero attached hydrogens (tertiary/aromatic N) is 3. The summed E-state index contributed by atoms with van der Waals surface area (Å²) in [6, 6.07) is 25.8. The van der Waals surface area contributed by atoms with Gasteiger partial charge in [0.05, 0.1) is 18.1 Å². The fraction of sp³-hybridized carbons (Fsp3) is 0.233. The first-order chi connectivity index (χ1) is 18.0. The van der Waals surface area contributed by atoms with Gasteiger partial charge in [-0.15, -0.1) is 0 Å². The van der Waals surface area contributed by atoms with Gasteiger partial charge in [-0.25, -0.2) is 9.97 Å². The summed E-state index contributed by atoms with van der Waals surface area (Å²) in [6.45, 7) is 2.58. The summed E-state index contributed by atoms with van der Waals surface area (Å²) >= 11 is 0. The van der Waals surface area contributed by atoms with E-state index in [-0.39, 0.29) is 11.9 Å². The Balaban J connectivity index is 1.44. The number of hydrogen-bond acceptors (Lipinski definition) is 5. The van der Waals surface area contributed by atoms with Crippen LogP contribution >= 0.6 is 0 Å². The van der Waals surface area contributed by atoms with E-state index in [2.05, 4.69) is 17.4 Å². The van der Waals surface area contributed by atoms with Gasteiger partial charge in [-0.05, 0) is 61.6 Å². The Morgan fingerprint density at radius 2 is 1.57 bits per heavy atom. The molecule has 1 atom stereocenters. The standard InChI is InChI=1S/C30H31N5O2/c1-20(12-13-21-8-4-3-5-9-21)32-30(36)26-27-29(34-25-11-7-6-10-24(25)33-27)35(28(26)31)19-18-22-14-16-23(37-2)17-15-22/h3-11,14-17,20H,12-13,18-19,31H2,1-2H3,(H,32,36). The maximum atomic E-state index is 13.5. The smallest absolute Gasteiger partial charge is 0.257 e. The zero-order chi connectivity index (χ0) is 25.8. The van der Waals surface area contributed by atoms with E-state index in [0.29, 0.717) is 29.1 Å². The highest BCUT2D eigenvalue weighted by atomic mass is 16.5. The van der Waals surface area contributed by atoms with Crippen LogP contribution in [0.25, 0.3) is 22.2 Å². The summed E-state index contributed by atoms with van der Waals surface area (Å²) in [5.41, 5.74) is 12.0. The number of hydrogen-bond donors (Lipinski definition) is 2. The molecular weight excluding hydrogens is 462 g/mol. The number of nitrogen functional groups attached to an aromatic ring is 1. The van der Waals surface area contributed by atoms with Gasteiger partial charge in [0.2, 0.25) is 0 Å². The Labute approximate surface area is 216 Å². The largest absolute Gasteiger partial charge is 0.497 e. The fourth-order valence-corrected chi connectivity index (χ4v) is 4.60. The lowest BCUT2D eigenvalue weighted by Crippen LogP contribution is -2.33. The minimum atomic E-state index is -0.226. The first kappa shape index (κ1) is 24.3. The molecule has 0 radical (unpaired) electrons. The van der Waals surface area contributed by atoms with E-state index in [1.165, 1.54) is 5.56 Å². The summed E-state index contributed by atoms with van der Waals surface area (Å²) in [5, 5.41) is 3.13. The SMILES string of the molecule is COc1ccc(CCn2c(N)c(C(=O)NC(C)CCc3ccccc3)c3nc4ccccc4nc32)cc1. The van der Waals surface area contributed by atoms with Crippen LogP contribution in [0.15, 0.2) is 78.9 Å². The number of para-hydroxylation sites is 2. The lowest BCUT2D eigenvalue weighted by molar-refractivity contribution is 0.0940. The molecule has 5 aromatic rings. The van der Waals surface area contributed by atoms with E-state index in [0.717, 1.165) is 41.6 Å². The van der Waals surface area contributed by atoms with Crippen LogP contribution in [0.1, 0.15) is 34.8 Å². The number of carbonyl (C=O) groups excluding carboxylic acids is 1. The van der Waals surface area contributed by atoms with Crippen molar-refractivity contribution in [3.05, 3.63) is 95.6 Å². The van der Waals surface area contributed by atoms with Crippen molar-refractivity contribution >= 4 is 33.9 Å². The topological polar surface area (TPSA) is 95.1 Å². The predicted molar refractivity (Wildman–Crippen MR) is 148 cm³/mol.